The van der Waals surface area contributed by atoms with Crippen molar-refractivity contribution in [3.05, 3.63) is 112 Å². The summed E-state index contributed by atoms with van der Waals surface area (Å²) in [5, 5.41) is 7.13. The zero-order valence-corrected chi connectivity index (χ0v) is 20.4. The van der Waals surface area contributed by atoms with Crippen LogP contribution < -0.4 is 10.1 Å². The van der Waals surface area contributed by atoms with Crippen molar-refractivity contribution in [2.45, 2.75) is 12.8 Å². The molecule has 0 atom stereocenters. The molecule has 0 bridgehead atoms. The van der Waals surface area contributed by atoms with Gasteiger partial charge in [0.1, 0.15) is 30.3 Å². The quantitative estimate of drug-likeness (QED) is 0.0944. The lowest BCUT2D eigenvalue weighted by Crippen LogP contribution is -2.03. The molecule has 0 saturated heterocycles. The van der Waals surface area contributed by atoms with E-state index in [1.807, 2.05) is 0 Å². The minimum absolute atomic E-state index is 0.125. The summed E-state index contributed by atoms with van der Waals surface area (Å²) in [4.78, 5) is 11.0. The highest BCUT2D eigenvalue weighted by Gasteiger charge is 2.34. The van der Waals surface area contributed by atoms with E-state index in [0.29, 0.717) is 44.4 Å². The molecule has 5 rings (SSSR count). The van der Waals surface area contributed by atoms with E-state index in [9.17, 15) is 17.6 Å². The molecular weight excluding hydrogens is 538 g/mol. The van der Waals surface area contributed by atoms with Crippen molar-refractivity contribution in [3.63, 3.8) is 0 Å². The highest BCUT2D eigenvalue weighted by molar-refractivity contribution is 6.32. The third-order valence-corrected chi connectivity index (χ3v) is 5.95. The summed E-state index contributed by atoms with van der Waals surface area (Å²) in [5.74, 6) is 0.408. The molecule has 3 aromatic carbocycles. The summed E-state index contributed by atoms with van der Waals surface area (Å²) in [7, 11) is 0. The van der Waals surface area contributed by atoms with E-state index in [1.54, 1.807) is 48.5 Å². The van der Waals surface area contributed by atoms with Crippen LogP contribution in [0, 0.1) is 5.82 Å². The number of nitrogens with zero attached hydrogens (tertiary/aromatic N) is 6. The summed E-state index contributed by atoms with van der Waals surface area (Å²) < 4.78 is 60.5. The van der Waals surface area contributed by atoms with Crippen molar-refractivity contribution in [2.75, 3.05) is 5.32 Å². The van der Waals surface area contributed by atoms with Crippen LogP contribution in [0.4, 0.5) is 34.8 Å². The second-order valence-electron chi connectivity index (χ2n) is 8.26. The van der Waals surface area contributed by atoms with Crippen LogP contribution in [-0.4, -0.2) is 14.5 Å². The topological polar surface area (TPSA) is 101 Å². The molecule has 0 fully saturated rings. The van der Waals surface area contributed by atoms with E-state index in [-0.39, 0.29) is 12.4 Å². The highest BCUT2D eigenvalue weighted by atomic mass is 35.5. The molecule has 0 aliphatic heterocycles. The van der Waals surface area contributed by atoms with E-state index in [2.05, 4.69) is 25.3 Å². The Balaban J connectivity index is 1.42. The van der Waals surface area contributed by atoms with Crippen molar-refractivity contribution in [1.29, 1.82) is 0 Å². The molecule has 0 saturated carbocycles. The van der Waals surface area contributed by atoms with E-state index in [4.69, 9.17) is 21.9 Å². The highest BCUT2D eigenvalue weighted by Crippen LogP contribution is 2.38. The van der Waals surface area contributed by atoms with Crippen molar-refractivity contribution in [1.82, 2.24) is 14.5 Å². The second-order valence-corrected chi connectivity index (χ2v) is 8.67. The molecule has 0 unspecified atom stereocenters. The largest absolute Gasteiger partial charge is 0.487 e. The summed E-state index contributed by atoms with van der Waals surface area (Å²) in [6.07, 6.45) is -1.40. The predicted octanol–water partition coefficient (Wildman–Crippen LogP) is 8.50. The van der Waals surface area contributed by atoms with Crippen LogP contribution in [0.1, 0.15) is 11.1 Å². The van der Waals surface area contributed by atoms with Gasteiger partial charge in [0.2, 0.25) is 0 Å². The van der Waals surface area contributed by atoms with E-state index >= 15 is 0 Å². The first-order valence-electron chi connectivity index (χ1n) is 11.2. The number of halogens is 5. The molecule has 13 heteroatoms. The number of alkyl halides is 3. The number of hydrogen-bond acceptors (Lipinski definition) is 5. The first-order chi connectivity index (χ1) is 18.7. The van der Waals surface area contributed by atoms with Crippen LogP contribution in [0.25, 0.3) is 27.0 Å². The smallest absolute Gasteiger partial charge is 0.418 e. The molecule has 0 spiro atoms. The minimum atomic E-state index is -4.70. The second kappa shape index (κ2) is 10.5. The van der Waals surface area contributed by atoms with Crippen LogP contribution >= 0.6 is 11.6 Å². The zero-order valence-electron chi connectivity index (χ0n) is 19.7. The fourth-order valence-electron chi connectivity index (χ4n) is 3.86. The van der Waals surface area contributed by atoms with Gasteiger partial charge in [-0.15, -0.1) is 0 Å². The van der Waals surface area contributed by atoms with Gasteiger partial charge in [-0.25, -0.2) is 14.4 Å². The zero-order chi connectivity index (χ0) is 27.6. The maximum absolute atomic E-state index is 13.4. The van der Waals surface area contributed by atoms with Gasteiger partial charge in [0.15, 0.2) is 0 Å². The lowest BCUT2D eigenvalue weighted by molar-refractivity contribution is -0.137. The molecule has 0 aliphatic rings. The van der Waals surface area contributed by atoms with Gasteiger partial charge in [-0.05, 0) is 59.6 Å². The number of rotatable bonds is 7. The Hall–Kier alpha value is -4.80. The van der Waals surface area contributed by atoms with Crippen LogP contribution in [0.2, 0.25) is 5.02 Å². The summed E-state index contributed by atoms with van der Waals surface area (Å²) in [6.45, 7) is 0.125. The molecular formula is C26H16ClF4N7O. The maximum Gasteiger partial charge on any atom is 0.418 e. The van der Waals surface area contributed by atoms with Crippen molar-refractivity contribution < 1.29 is 22.3 Å². The monoisotopic (exact) mass is 553 g/mol. The van der Waals surface area contributed by atoms with Gasteiger partial charge < -0.3 is 14.6 Å². The Morgan fingerprint density at radius 1 is 1.05 bits per heavy atom. The standard InChI is InChI=1S/C26H16ClF4N7O/c27-21-9-17(4-7-24(21)39-13-15-2-1-3-16(28)8-15)35-25-19-10-18(5-6-22(19)33-14-34-25)38-11-20(26(29,30)31)23(12-38)36-37-32/h1-12,14H,13H2,(H,33,34,35). The number of fused-ring (bicyclic) bond motifs is 1. The minimum Gasteiger partial charge on any atom is -0.487 e. The average Bonchev–Trinajstić information content (AvgIpc) is 3.33. The lowest BCUT2D eigenvalue weighted by Gasteiger charge is -2.13. The number of ether oxygens (including phenoxy) is 1. The van der Waals surface area contributed by atoms with Crippen LogP contribution in [0.3, 0.4) is 0 Å². The average molecular weight is 554 g/mol. The van der Waals surface area contributed by atoms with Gasteiger partial charge in [0.05, 0.1) is 21.8 Å². The number of nitrogens with one attached hydrogen (secondary N) is 1. The van der Waals surface area contributed by atoms with Crippen molar-refractivity contribution >= 4 is 39.7 Å². The van der Waals surface area contributed by atoms with Gasteiger partial charge in [-0.1, -0.05) is 28.8 Å². The normalized spacial score (nSPS) is 11.3. The molecule has 1 N–H and O–H groups in total. The van der Waals surface area contributed by atoms with Gasteiger partial charge in [-0.3, -0.25) is 0 Å². The number of azide groups is 1. The number of anilines is 2. The lowest BCUT2D eigenvalue weighted by atomic mass is 10.2. The number of hydrogen-bond donors (Lipinski definition) is 1. The molecule has 39 heavy (non-hydrogen) atoms. The Bertz CT molecular complexity index is 1730. The van der Waals surface area contributed by atoms with Gasteiger partial charge in [0.25, 0.3) is 0 Å². The van der Waals surface area contributed by atoms with Gasteiger partial charge >= 0.3 is 6.18 Å². The molecule has 5 aromatic rings. The van der Waals surface area contributed by atoms with Crippen LogP contribution in [0.15, 0.2) is 84.5 Å². The molecule has 8 nitrogen and oxygen atoms in total. The third-order valence-electron chi connectivity index (χ3n) is 5.66. The van der Waals surface area contributed by atoms with E-state index < -0.39 is 17.4 Å². The summed E-state index contributed by atoms with van der Waals surface area (Å²) in [5.41, 5.74) is 9.18. The first-order valence-corrected chi connectivity index (χ1v) is 11.6. The fourth-order valence-corrected chi connectivity index (χ4v) is 4.10. The van der Waals surface area contributed by atoms with E-state index in [1.165, 1.54) is 23.0 Å². The Kier molecular flexibility index (Phi) is 6.97. The van der Waals surface area contributed by atoms with Crippen LogP contribution in [-0.2, 0) is 12.8 Å². The third kappa shape index (κ3) is 5.71. The van der Waals surface area contributed by atoms with Crippen molar-refractivity contribution in [3.8, 4) is 11.4 Å². The molecule has 0 amide bonds. The van der Waals surface area contributed by atoms with Crippen LogP contribution in [0.5, 0.6) is 5.75 Å². The summed E-state index contributed by atoms with van der Waals surface area (Å²) in [6, 6.07) is 15.8. The maximum atomic E-state index is 13.4. The first kappa shape index (κ1) is 25.8. The van der Waals surface area contributed by atoms with Gasteiger partial charge in [0, 0.05) is 34.1 Å². The Morgan fingerprint density at radius 3 is 2.64 bits per heavy atom. The van der Waals surface area contributed by atoms with E-state index in [0.717, 1.165) is 12.4 Å². The number of aromatic nitrogens is 3. The molecule has 2 heterocycles. The van der Waals surface area contributed by atoms with Crippen molar-refractivity contribution in [2.24, 2.45) is 5.11 Å². The SMILES string of the molecule is [N-]=[N+]=Nc1cn(-c2ccc3ncnc(Nc4ccc(OCc5cccc(F)c5)c(Cl)c4)c3c2)cc1C(F)(F)F. The Morgan fingerprint density at radius 2 is 1.90 bits per heavy atom. The molecule has 0 aliphatic carbocycles. The molecule has 2 aromatic heterocycles. The summed E-state index contributed by atoms with van der Waals surface area (Å²) >= 11 is 6.39. The predicted molar refractivity (Wildman–Crippen MR) is 138 cm³/mol. The van der Waals surface area contributed by atoms with Gasteiger partial charge in [-0.2, -0.15) is 13.2 Å². The number of benzene rings is 3. The fraction of sp³-hybridized carbons (Fsp3) is 0.0769. The molecule has 196 valence electrons. The Labute approximate surface area is 223 Å². The molecule has 0 radical (unpaired) electrons.